The van der Waals surface area contributed by atoms with Gasteiger partial charge in [-0.25, -0.2) is 14.4 Å². The molecule has 0 unspecified atom stereocenters. The zero-order valence-electron chi connectivity index (χ0n) is 16.7. The molecule has 2 rings (SSSR count). The van der Waals surface area contributed by atoms with E-state index in [4.69, 9.17) is 4.74 Å². The Balaban J connectivity index is 1.82. The molecular formula is C22H24N2O7. The number of hydrogen-bond acceptors (Lipinski definition) is 5. The summed E-state index contributed by atoms with van der Waals surface area (Å²) in [4.78, 5) is 46.9. The maximum Gasteiger partial charge on any atom is 0.408 e. The molecule has 0 spiro atoms. The van der Waals surface area contributed by atoms with Crippen molar-refractivity contribution in [2.45, 2.75) is 38.0 Å². The SMILES string of the molecule is O=C(CC[C@H](NC(=O)OCc1ccccc1)C(=O)O)N[C@H](Cc1ccccc1)C(=O)O. The van der Waals surface area contributed by atoms with Crippen LogP contribution in [0.4, 0.5) is 4.79 Å². The Morgan fingerprint density at radius 3 is 1.87 bits per heavy atom. The van der Waals surface area contributed by atoms with Gasteiger partial charge in [0.05, 0.1) is 0 Å². The Kier molecular flexibility index (Phi) is 9.03. The summed E-state index contributed by atoms with van der Waals surface area (Å²) in [6.45, 7) is -0.0285. The number of carboxylic acids is 2. The van der Waals surface area contributed by atoms with Gasteiger partial charge in [0.2, 0.25) is 5.91 Å². The third kappa shape index (κ3) is 8.57. The van der Waals surface area contributed by atoms with Crippen LogP contribution in [0.5, 0.6) is 0 Å². The first-order chi connectivity index (χ1) is 14.8. The van der Waals surface area contributed by atoms with Gasteiger partial charge in [0.25, 0.3) is 0 Å². The van der Waals surface area contributed by atoms with Gasteiger partial charge in [-0.15, -0.1) is 0 Å². The lowest BCUT2D eigenvalue weighted by Gasteiger charge is -2.17. The van der Waals surface area contributed by atoms with Crippen molar-refractivity contribution in [3.63, 3.8) is 0 Å². The van der Waals surface area contributed by atoms with Crippen molar-refractivity contribution in [3.8, 4) is 0 Å². The standard InChI is InChI=1S/C22H24N2O7/c25-19(23-18(21(28)29)13-15-7-3-1-4-8-15)12-11-17(20(26)27)24-22(30)31-14-16-9-5-2-6-10-16/h1-10,17-18H,11-14H2,(H,23,25)(H,24,30)(H,26,27)(H,28,29)/t17-,18+/m0/s1. The van der Waals surface area contributed by atoms with Gasteiger partial charge >= 0.3 is 18.0 Å². The molecule has 0 radical (unpaired) electrons. The van der Waals surface area contributed by atoms with Crippen molar-refractivity contribution in [2.75, 3.05) is 0 Å². The first kappa shape index (κ1) is 23.4. The van der Waals surface area contributed by atoms with E-state index in [-0.39, 0.29) is 25.9 Å². The van der Waals surface area contributed by atoms with Crippen LogP contribution in [-0.4, -0.2) is 46.2 Å². The number of benzene rings is 2. The van der Waals surface area contributed by atoms with E-state index in [1.165, 1.54) is 0 Å². The Labute approximate surface area is 179 Å². The molecule has 2 atom stereocenters. The Bertz CT molecular complexity index is 887. The van der Waals surface area contributed by atoms with Crippen molar-refractivity contribution in [1.29, 1.82) is 0 Å². The van der Waals surface area contributed by atoms with Gasteiger partial charge < -0.3 is 25.6 Å². The highest BCUT2D eigenvalue weighted by atomic mass is 16.5. The fourth-order valence-electron chi connectivity index (χ4n) is 2.76. The Hall–Kier alpha value is -3.88. The molecule has 0 heterocycles. The minimum atomic E-state index is -1.36. The van der Waals surface area contributed by atoms with E-state index in [9.17, 15) is 29.4 Å². The molecule has 2 amide bonds. The van der Waals surface area contributed by atoms with Crippen LogP contribution in [0.3, 0.4) is 0 Å². The zero-order valence-corrected chi connectivity index (χ0v) is 16.7. The van der Waals surface area contributed by atoms with Gasteiger partial charge in [0.15, 0.2) is 0 Å². The molecule has 0 saturated heterocycles. The van der Waals surface area contributed by atoms with E-state index in [0.717, 1.165) is 11.1 Å². The number of amides is 2. The highest BCUT2D eigenvalue weighted by Gasteiger charge is 2.24. The fourth-order valence-corrected chi connectivity index (χ4v) is 2.76. The lowest BCUT2D eigenvalue weighted by atomic mass is 10.1. The molecule has 0 aromatic heterocycles. The molecule has 2 aromatic rings. The number of alkyl carbamates (subject to hydrolysis) is 1. The lowest BCUT2D eigenvalue weighted by Crippen LogP contribution is -2.44. The molecule has 0 aliphatic carbocycles. The van der Waals surface area contributed by atoms with Crippen LogP contribution in [0, 0.1) is 0 Å². The molecule has 0 aliphatic rings. The van der Waals surface area contributed by atoms with Crippen LogP contribution in [0.25, 0.3) is 0 Å². The third-order valence-electron chi connectivity index (χ3n) is 4.38. The predicted octanol–water partition coefficient (Wildman–Crippen LogP) is 1.96. The topological polar surface area (TPSA) is 142 Å². The summed E-state index contributed by atoms with van der Waals surface area (Å²) in [5, 5.41) is 23.2. The van der Waals surface area contributed by atoms with E-state index < -0.39 is 36.0 Å². The zero-order chi connectivity index (χ0) is 22.6. The maximum absolute atomic E-state index is 12.2. The average Bonchev–Trinajstić information content (AvgIpc) is 2.76. The molecule has 0 saturated carbocycles. The quantitative estimate of drug-likeness (QED) is 0.428. The molecule has 9 heteroatoms. The minimum Gasteiger partial charge on any atom is -0.480 e. The number of ether oxygens (including phenoxy) is 1. The van der Waals surface area contributed by atoms with Gasteiger partial charge in [-0.05, 0) is 17.5 Å². The van der Waals surface area contributed by atoms with E-state index in [1.54, 1.807) is 54.6 Å². The molecule has 9 nitrogen and oxygen atoms in total. The van der Waals surface area contributed by atoms with Gasteiger partial charge in [0.1, 0.15) is 18.7 Å². The number of nitrogens with one attached hydrogen (secondary N) is 2. The summed E-state index contributed by atoms with van der Waals surface area (Å²) in [5.74, 6) is -3.16. The van der Waals surface area contributed by atoms with Crippen LogP contribution in [0.2, 0.25) is 0 Å². The fraction of sp³-hybridized carbons (Fsp3) is 0.273. The van der Waals surface area contributed by atoms with Crippen LogP contribution in [-0.2, 0) is 32.1 Å². The molecule has 4 N–H and O–H groups in total. The number of carboxylic acid groups (broad SMARTS) is 2. The second-order valence-electron chi connectivity index (χ2n) is 6.78. The minimum absolute atomic E-state index is 0.0285. The van der Waals surface area contributed by atoms with Crippen molar-refractivity contribution in [1.82, 2.24) is 10.6 Å². The number of rotatable bonds is 11. The lowest BCUT2D eigenvalue weighted by molar-refractivity contribution is -0.142. The summed E-state index contributed by atoms with van der Waals surface area (Å²) in [7, 11) is 0. The molecule has 0 bridgehead atoms. The summed E-state index contributed by atoms with van der Waals surface area (Å²) < 4.78 is 4.99. The van der Waals surface area contributed by atoms with E-state index in [0.29, 0.717) is 0 Å². The smallest absolute Gasteiger partial charge is 0.408 e. The molecule has 2 aromatic carbocycles. The molecule has 164 valence electrons. The highest BCUT2D eigenvalue weighted by molar-refractivity contribution is 5.85. The van der Waals surface area contributed by atoms with Crippen LogP contribution in [0.1, 0.15) is 24.0 Å². The van der Waals surface area contributed by atoms with E-state index in [1.807, 2.05) is 6.07 Å². The summed E-state index contributed by atoms with van der Waals surface area (Å²) in [5.41, 5.74) is 1.48. The summed E-state index contributed by atoms with van der Waals surface area (Å²) in [6.07, 6.45) is -1.34. The van der Waals surface area contributed by atoms with Crippen molar-refractivity contribution in [2.24, 2.45) is 0 Å². The van der Waals surface area contributed by atoms with Crippen molar-refractivity contribution >= 4 is 23.9 Å². The summed E-state index contributed by atoms with van der Waals surface area (Å²) in [6, 6.07) is 15.2. The Morgan fingerprint density at radius 2 is 1.32 bits per heavy atom. The maximum atomic E-state index is 12.2. The third-order valence-corrected chi connectivity index (χ3v) is 4.38. The predicted molar refractivity (Wildman–Crippen MR) is 110 cm³/mol. The number of hydrogen-bond donors (Lipinski definition) is 4. The van der Waals surface area contributed by atoms with Gasteiger partial charge in [-0.3, -0.25) is 4.79 Å². The summed E-state index contributed by atoms with van der Waals surface area (Å²) >= 11 is 0. The first-order valence-electron chi connectivity index (χ1n) is 9.61. The van der Waals surface area contributed by atoms with Crippen LogP contribution < -0.4 is 10.6 Å². The molecular weight excluding hydrogens is 404 g/mol. The number of carbonyl (C=O) groups is 4. The molecule has 0 fully saturated rings. The largest absolute Gasteiger partial charge is 0.480 e. The number of aliphatic carboxylic acids is 2. The molecule has 0 aliphatic heterocycles. The second kappa shape index (κ2) is 12.0. The van der Waals surface area contributed by atoms with E-state index in [2.05, 4.69) is 10.6 Å². The average molecular weight is 428 g/mol. The number of carbonyl (C=O) groups excluding carboxylic acids is 2. The Morgan fingerprint density at radius 1 is 0.774 bits per heavy atom. The van der Waals surface area contributed by atoms with Gasteiger partial charge in [0, 0.05) is 12.8 Å². The van der Waals surface area contributed by atoms with E-state index >= 15 is 0 Å². The molecule has 31 heavy (non-hydrogen) atoms. The van der Waals surface area contributed by atoms with Crippen LogP contribution >= 0.6 is 0 Å². The van der Waals surface area contributed by atoms with Crippen LogP contribution in [0.15, 0.2) is 60.7 Å². The van der Waals surface area contributed by atoms with Crippen molar-refractivity contribution in [3.05, 3.63) is 71.8 Å². The normalized spacial score (nSPS) is 12.3. The first-order valence-corrected chi connectivity index (χ1v) is 9.61. The van der Waals surface area contributed by atoms with Crippen molar-refractivity contribution < 1.29 is 34.1 Å². The monoisotopic (exact) mass is 428 g/mol. The van der Waals surface area contributed by atoms with Gasteiger partial charge in [-0.2, -0.15) is 0 Å². The highest BCUT2D eigenvalue weighted by Crippen LogP contribution is 2.06. The second-order valence-corrected chi connectivity index (χ2v) is 6.78. The van der Waals surface area contributed by atoms with Gasteiger partial charge in [-0.1, -0.05) is 60.7 Å².